The Morgan fingerprint density at radius 2 is 2.14 bits per heavy atom. The molecule has 1 fully saturated rings. The van der Waals surface area contributed by atoms with Crippen molar-refractivity contribution < 1.29 is 4.74 Å². The molecule has 1 N–H and O–H groups in total. The lowest BCUT2D eigenvalue weighted by Crippen LogP contribution is -2.48. The first kappa shape index (κ1) is 13.6. The minimum atomic E-state index is 0.459. The predicted molar refractivity (Wildman–Crippen MR) is 85.3 cm³/mol. The van der Waals surface area contributed by atoms with E-state index < -0.39 is 0 Å². The molecule has 4 aliphatic rings. The molecule has 3 heterocycles. The number of aliphatic imine (C=N–C) groups is 2. The van der Waals surface area contributed by atoms with Gasteiger partial charge in [0, 0.05) is 13.1 Å². The standard InChI is InChI=1S/C14H21N5OS/c1-21-14-16-13-15-12-10(9-19(13)17-14)3-2-4-11(12)18-5-7-20-8-6-18/h11H,2-9H2,1H3,(H,15,16,17). The number of morpholine rings is 1. The van der Waals surface area contributed by atoms with Gasteiger partial charge in [0.15, 0.2) is 5.17 Å². The Hall–Kier alpha value is -1.05. The molecule has 0 radical (unpaired) electrons. The lowest BCUT2D eigenvalue weighted by atomic mass is 9.90. The van der Waals surface area contributed by atoms with Crippen LogP contribution in [0, 0.1) is 0 Å². The highest BCUT2D eigenvalue weighted by atomic mass is 32.2. The van der Waals surface area contributed by atoms with Gasteiger partial charge in [-0.2, -0.15) is 4.99 Å². The molecular formula is C14H21N5OS. The molecule has 0 aromatic carbocycles. The van der Waals surface area contributed by atoms with E-state index in [1.165, 1.54) is 30.5 Å². The van der Waals surface area contributed by atoms with Crippen molar-refractivity contribution in [2.75, 3.05) is 39.1 Å². The Morgan fingerprint density at radius 1 is 1.29 bits per heavy atom. The quantitative estimate of drug-likeness (QED) is 0.784. The van der Waals surface area contributed by atoms with Gasteiger partial charge in [0.05, 0.1) is 31.5 Å². The minimum absolute atomic E-state index is 0.459. The number of hydrogen-bond donors (Lipinski definition) is 1. The van der Waals surface area contributed by atoms with Crippen LogP contribution >= 0.6 is 11.8 Å². The van der Waals surface area contributed by atoms with Crippen molar-refractivity contribution in [3.05, 3.63) is 11.3 Å². The molecule has 21 heavy (non-hydrogen) atoms. The van der Waals surface area contributed by atoms with Crippen LogP contribution in [0.15, 0.2) is 21.3 Å². The number of hydrogen-bond acceptors (Lipinski definition) is 7. The topological polar surface area (TPSA) is 52.5 Å². The molecule has 4 rings (SSSR count). The first-order valence-electron chi connectivity index (χ1n) is 7.64. The Bertz CT molecular complexity index is 523. The molecule has 1 atom stereocenters. The lowest BCUT2D eigenvalue weighted by molar-refractivity contribution is 0.0199. The van der Waals surface area contributed by atoms with Crippen molar-refractivity contribution in [1.82, 2.24) is 15.3 Å². The Balaban J connectivity index is 1.62. The summed E-state index contributed by atoms with van der Waals surface area (Å²) in [5.41, 5.74) is 6.08. The third-order valence-electron chi connectivity index (χ3n) is 4.56. The van der Waals surface area contributed by atoms with E-state index in [0.717, 1.165) is 44.0 Å². The average molecular weight is 307 g/mol. The summed E-state index contributed by atoms with van der Waals surface area (Å²) in [6.45, 7) is 4.65. The summed E-state index contributed by atoms with van der Waals surface area (Å²) in [5, 5.41) is 3.02. The van der Waals surface area contributed by atoms with Crippen LogP contribution in [0.3, 0.4) is 0 Å². The summed E-state index contributed by atoms with van der Waals surface area (Å²) in [6, 6.07) is 0.459. The van der Waals surface area contributed by atoms with Crippen molar-refractivity contribution in [2.24, 2.45) is 9.98 Å². The largest absolute Gasteiger partial charge is 0.379 e. The van der Waals surface area contributed by atoms with Crippen LogP contribution in [-0.2, 0) is 4.74 Å². The monoisotopic (exact) mass is 307 g/mol. The normalized spacial score (nSPS) is 29.6. The molecule has 0 saturated carbocycles. The fraction of sp³-hybridized carbons (Fsp3) is 0.714. The van der Waals surface area contributed by atoms with Gasteiger partial charge in [0.2, 0.25) is 5.96 Å². The zero-order valence-electron chi connectivity index (χ0n) is 12.3. The molecule has 1 saturated heterocycles. The van der Waals surface area contributed by atoms with E-state index in [1.54, 1.807) is 11.8 Å². The third kappa shape index (κ3) is 2.47. The number of amidine groups is 1. The van der Waals surface area contributed by atoms with Crippen molar-refractivity contribution in [2.45, 2.75) is 25.3 Å². The maximum Gasteiger partial charge on any atom is 0.247 e. The maximum absolute atomic E-state index is 5.49. The van der Waals surface area contributed by atoms with Crippen molar-refractivity contribution in [3.8, 4) is 0 Å². The van der Waals surface area contributed by atoms with Crippen molar-refractivity contribution >= 4 is 22.9 Å². The summed E-state index contributed by atoms with van der Waals surface area (Å²) in [6.07, 6.45) is 5.67. The second-order valence-corrected chi connectivity index (χ2v) is 6.57. The number of ether oxygens (including phenoxy) is 1. The number of nitrogens with zero attached hydrogens (tertiary/aromatic N) is 4. The van der Waals surface area contributed by atoms with Gasteiger partial charge in [-0.05, 0) is 31.1 Å². The van der Waals surface area contributed by atoms with E-state index in [1.807, 2.05) is 6.26 Å². The van der Waals surface area contributed by atoms with Crippen LogP contribution in [0.25, 0.3) is 0 Å². The second-order valence-electron chi connectivity index (χ2n) is 5.78. The van der Waals surface area contributed by atoms with E-state index in [4.69, 9.17) is 9.73 Å². The van der Waals surface area contributed by atoms with Gasteiger partial charge >= 0.3 is 0 Å². The zero-order valence-corrected chi connectivity index (χ0v) is 13.2. The molecule has 6 nitrogen and oxygen atoms in total. The number of rotatable bonds is 1. The summed E-state index contributed by atoms with van der Waals surface area (Å²) in [4.78, 5) is 12.0. The second kappa shape index (κ2) is 5.62. The molecule has 1 aliphatic carbocycles. The fourth-order valence-electron chi connectivity index (χ4n) is 3.49. The highest BCUT2D eigenvalue weighted by Crippen LogP contribution is 2.34. The van der Waals surface area contributed by atoms with Gasteiger partial charge in [0.1, 0.15) is 0 Å². The Morgan fingerprint density at radius 3 is 2.95 bits per heavy atom. The summed E-state index contributed by atoms with van der Waals surface area (Å²) >= 11 is 1.63. The molecular weight excluding hydrogens is 286 g/mol. The zero-order chi connectivity index (χ0) is 14.2. The smallest absolute Gasteiger partial charge is 0.247 e. The molecule has 0 aromatic heterocycles. The molecule has 7 heteroatoms. The molecule has 0 amide bonds. The average Bonchev–Trinajstić information content (AvgIpc) is 2.95. The molecule has 114 valence electrons. The van der Waals surface area contributed by atoms with Crippen LogP contribution in [0.4, 0.5) is 0 Å². The van der Waals surface area contributed by atoms with Gasteiger partial charge in [-0.1, -0.05) is 11.8 Å². The lowest BCUT2D eigenvalue weighted by Gasteiger charge is -2.40. The molecule has 0 bridgehead atoms. The molecule has 1 unspecified atom stereocenters. The number of hydrazine groups is 1. The van der Waals surface area contributed by atoms with Crippen LogP contribution in [-0.4, -0.2) is 66.2 Å². The fourth-order valence-corrected chi connectivity index (χ4v) is 3.87. The van der Waals surface area contributed by atoms with Gasteiger partial charge in [0.25, 0.3) is 0 Å². The number of fused-ring (bicyclic) bond motifs is 1. The van der Waals surface area contributed by atoms with Gasteiger partial charge in [-0.25, -0.2) is 10.0 Å². The van der Waals surface area contributed by atoms with E-state index in [0.29, 0.717) is 6.04 Å². The van der Waals surface area contributed by atoms with Crippen LogP contribution in [0.1, 0.15) is 19.3 Å². The Labute approximate surface area is 129 Å². The summed E-state index contributed by atoms with van der Waals surface area (Å²) in [7, 11) is 0. The molecule has 0 aromatic rings. The van der Waals surface area contributed by atoms with Crippen LogP contribution < -0.4 is 5.43 Å². The minimum Gasteiger partial charge on any atom is -0.379 e. The van der Waals surface area contributed by atoms with Gasteiger partial charge in [-0.15, -0.1) is 0 Å². The SMILES string of the molecule is CSC1=NC2=NC3=C(CCCC3N3CCOCC3)CN2N1. The highest BCUT2D eigenvalue weighted by Gasteiger charge is 2.35. The van der Waals surface area contributed by atoms with Crippen molar-refractivity contribution in [1.29, 1.82) is 0 Å². The number of thioether (sulfide) groups is 1. The molecule has 3 aliphatic heterocycles. The third-order valence-corrected chi connectivity index (χ3v) is 5.13. The van der Waals surface area contributed by atoms with Gasteiger partial charge < -0.3 is 4.74 Å². The first-order valence-corrected chi connectivity index (χ1v) is 8.87. The maximum atomic E-state index is 5.49. The van der Waals surface area contributed by atoms with E-state index in [2.05, 4.69) is 20.3 Å². The number of guanidine groups is 1. The molecule has 0 spiro atoms. The van der Waals surface area contributed by atoms with Crippen LogP contribution in [0.5, 0.6) is 0 Å². The summed E-state index contributed by atoms with van der Waals surface area (Å²) < 4.78 is 5.49. The summed E-state index contributed by atoms with van der Waals surface area (Å²) in [5.74, 6) is 0.832. The predicted octanol–water partition coefficient (Wildman–Crippen LogP) is 1.03. The first-order chi connectivity index (χ1) is 10.3. The highest BCUT2D eigenvalue weighted by molar-refractivity contribution is 8.13. The van der Waals surface area contributed by atoms with Crippen LogP contribution in [0.2, 0.25) is 0 Å². The number of nitrogens with one attached hydrogen (secondary N) is 1. The van der Waals surface area contributed by atoms with Crippen molar-refractivity contribution in [3.63, 3.8) is 0 Å². The van der Waals surface area contributed by atoms with E-state index in [9.17, 15) is 0 Å². The van der Waals surface area contributed by atoms with E-state index >= 15 is 0 Å². The Kier molecular flexibility index (Phi) is 3.64. The van der Waals surface area contributed by atoms with Gasteiger partial charge in [-0.3, -0.25) is 10.3 Å². The van der Waals surface area contributed by atoms with E-state index in [-0.39, 0.29) is 0 Å².